The van der Waals surface area contributed by atoms with Crippen molar-refractivity contribution < 1.29 is 23.0 Å². The van der Waals surface area contributed by atoms with Gasteiger partial charge in [0, 0.05) is 19.0 Å². The molecule has 1 unspecified atom stereocenters. The van der Waals surface area contributed by atoms with Crippen molar-refractivity contribution in [2.24, 2.45) is 16.1 Å². The predicted octanol–water partition coefficient (Wildman–Crippen LogP) is 4.13. The molecule has 1 amide bonds. The molecule has 2 atom stereocenters. The Morgan fingerprint density at radius 1 is 1.23 bits per heavy atom. The Morgan fingerprint density at radius 3 is 2.55 bits per heavy atom. The van der Waals surface area contributed by atoms with E-state index in [0.717, 1.165) is 5.56 Å². The van der Waals surface area contributed by atoms with E-state index in [-0.39, 0.29) is 29.1 Å². The Bertz CT molecular complexity index is 1060. The molecule has 31 heavy (non-hydrogen) atoms. The van der Waals surface area contributed by atoms with E-state index < -0.39 is 12.2 Å². The van der Waals surface area contributed by atoms with Crippen molar-refractivity contribution in [3.05, 3.63) is 48.0 Å². The van der Waals surface area contributed by atoms with E-state index in [1.54, 1.807) is 25.2 Å². The third kappa shape index (κ3) is 3.60. The second kappa shape index (κ2) is 7.21. The molecule has 2 aromatic rings. The molecule has 8 heteroatoms. The minimum atomic E-state index is -2.91. The van der Waals surface area contributed by atoms with Crippen LogP contribution in [-0.2, 0) is 10.3 Å². The van der Waals surface area contributed by atoms with Crippen LogP contribution in [0, 0.1) is 5.41 Å². The molecule has 2 N–H and O–H groups in total. The summed E-state index contributed by atoms with van der Waals surface area (Å²) in [7, 11) is 1.60. The van der Waals surface area contributed by atoms with Crippen molar-refractivity contribution in [1.29, 1.82) is 0 Å². The number of fused-ring (bicyclic) bond motifs is 2. The Balaban J connectivity index is 1.84. The number of hydrogen-bond acceptors (Lipinski definition) is 5. The van der Waals surface area contributed by atoms with Crippen molar-refractivity contribution in [2.75, 3.05) is 7.05 Å². The number of nitrogens with zero attached hydrogens (tertiary/aromatic N) is 2. The Labute approximate surface area is 179 Å². The smallest absolute Gasteiger partial charge is 0.387 e. The predicted molar refractivity (Wildman–Crippen MR) is 113 cm³/mol. The molecule has 0 aliphatic carbocycles. The van der Waals surface area contributed by atoms with E-state index >= 15 is 0 Å². The summed E-state index contributed by atoms with van der Waals surface area (Å²) < 4.78 is 36.0. The van der Waals surface area contributed by atoms with Crippen LogP contribution in [-0.4, -0.2) is 36.5 Å². The largest absolute Gasteiger partial charge is 0.489 e. The molecule has 164 valence electrons. The Kier molecular flexibility index (Phi) is 4.91. The van der Waals surface area contributed by atoms with Crippen molar-refractivity contribution >= 4 is 11.9 Å². The number of likely N-dealkylation sites (N-methyl/N-ethyl adjacent to an activating group) is 1. The van der Waals surface area contributed by atoms with Crippen LogP contribution in [0.3, 0.4) is 0 Å². The molecule has 4 rings (SSSR count). The van der Waals surface area contributed by atoms with Gasteiger partial charge in [0.25, 0.3) is 5.91 Å². The first-order valence-corrected chi connectivity index (χ1v) is 10.0. The number of carbonyl (C=O) groups excluding carboxylic acids is 1. The lowest BCUT2D eigenvalue weighted by Gasteiger charge is -2.42. The number of rotatable bonds is 3. The normalized spacial score (nSPS) is 23.1. The lowest BCUT2D eigenvalue weighted by molar-refractivity contribution is -0.133. The van der Waals surface area contributed by atoms with Crippen LogP contribution in [0.4, 0.5) is 8.78 Å². The molecule has 1 spiro atoms. The summed E-state index contributed by atoms with van der Waals surface area (Å²) in [5.74, 6) is 0.567. The fourth-order valence-corrected chi connectivity index (χ4v) is 4.05. The van der Waals surface area contributed by atoms with Gasteiger partial charge in [-0.1, -0.05) is 39.0 Å². The molecular weight excluding hydrogens is 404 g/mol. The summed E-state index contributed by atoms with van der Waals surface area (Å²) >= 11 is 0. The number of nitrogens with two attached hydrogens (primary N) is 1. The molecule has 0 saturated heterocycles. The zero-order chi connectivity index (χ0) is 22.6. The van der Waals surface area contributed by atoms with Crippen LogP contribution in [0.25, 0.3) is 11.1 Å². The number of amides is 1. The molecule has 2 aliphatic rings. The highest BCUT2D eigenvalue weighted by molar-refractivity contribution is 6.07. The summed E-state index contributed by atoms with van der Waals surface area (Å²) in [5.41, 5.74) is 6.63. The van der Waals surface area contributed by atoms with E-state index in [9.17, 15) is 13.6 Å². The van der Waals surface area contributed by atoms with Gasteiger partial charge in [-0.3, -0.25) is 9.69 Å². The number of aliphatic imine (C=N–C) groups is 1. The number of ether oxygens (including phenoxy) is 2. The second-order valence-corrected chi connectivity index (χ2v) is 8.99. The molecule has 2 heterocycles. The maximum Gasteiger partial charge on any atom is 0.387 e. The standard InChI is InChI=1S/C23H25F2N3O3/c1-22(2,3)18-12-23(19(29)28(4)21(26)27-23)16-11-14(8-9-17(16)31-18)13-6-5-7-15(10-13)30-20(24)25/h5-11,18,20H,12H2,1-4H3,(H2,26,27)/t18-,23?/m1/s1. The second-order valence-electron chi connectivity index (χ2n) is 8.99. The van der Waals surface area contributed by atoms with E-state index in [1.807, 2.05) is 12.1 Å². The molecule has 0 saturated carbocycles. The third-order valence-electron chi connectivity index (χ3n) is 5.84. The van der Waals surface area contributed by atoms with E-state index in [1.165, 1.54) is 17.0 Å². The zero-order valence-electron chi connectivity index (χ0n) is 17.9. The van der Waals surface area contributed by atoms with Gasteiger partial charge in [0.1, 0.15) is 17.6 Å². The maximum absolute atomic E-state index is 13.3. The van der Waals surface area contributed by atoms with Gasteiger partial charge in [-0.25, -0.2) is 4.99 Å². The summed E-state index contributed by atoms with van der Waals surface area (Å²) in [4.78, 5) is 19.3. The Hall–Kier alpha value is -3.16. The average Bonchev–Trinajstić information content (AvgIpc) is 2.91. The van der Waals surface area contributed by atoms with Gasteiger partial charge < -0.3 is 15.2 Å². The lowest BCUT2D eigenvalue weighted by Crippen LogP contribution is -2.48. The molecule has 2 aliphatic heterocycles. The van der Waals surface area contributed by atoms with Crippen LogP contribution in [0.2, 0.25) is 0 Å². The van der Waals surface area contributed by atoms with Crippen LogP contribution < -0.4 is 15.2 Å². The van der Waals surface area contributed by atoms with Gasteiger partial charge in [0.2, 0.25) is 0 Å². The van der Waals surface area contributed by atoms with Crippen molar-refractivity contribution in [1.82, 2.24) is 4.90 Å². The molecule has 0 radical (unpaired) electrons. The quantitative estimate of drug-likeness (QED) is 0.796. The highest BCUT2D eigenvalue weighted by atomic mass is 19.3. The third-order valence-corrected chi connectivity index (χ3v) is 5.84. The molecular formula is C23H25F2N3O3. The fourth-order valence-electron chi connectivity index (χ4n) is 4.05. The molecule has 2 aromatic carbocycles. The van der Waals surface area contributed by atoms with Gasteiger partial charge in [-0.15, -0.1) is 0 Å². The lowest BCUT2D eigenvalue weighted by atomic mass is 9.74. The maximum atomic E-state index is 13.3. The van der Waals surface area contributed by atoms with Crippen LogP contribution in [0.1, 0.15) is 32.8 Å². The fraction of sp³-hybridized carbons (Fsp3) is 0.391. The van der Waals surface area contributed by atoms with Gasteiger partial charge in [0.05, 0.1) is 0 Å². The summed E-state index contributed by atoms with van der Waals surface area (Å²) in [6.45, 7) is 3.24. The van der Waals surface area contributed by atoms with E-state index in [2.05, 4.69) is 30.5 Å². The number of halogens is 2. The van der Waals surface area contributed by atoms with Crippen molar-refractivity contribution in [2.45, 2.75) is 45.4 Å². The number of guanidine groups is 1. The highest BCUT2D eigenvalue weighted by Crippen LogP contribution is 2.49. The molecule has 0 fully saturated rings. The highest BCUT2D eigenvalue weighted by Gasteiger charge is 2.55. The number of carbonyl (C=O) groups is 1. The zero-order valence-corrected chi connectivity index (χ0v) is 17.9. The number of alkyl halides is 2. The first-order chi connectivity index (χ1) is 14.5. The van der Waals surface area contributed by atoms with Crippen LogP contribution >= 0.6 is 0 Å². The van der Waals surface area contributed by atoms with Gasteiger partial charge in [-0.05, 0) is 40.8 Å². The van der Waals surface area contributed by atoms with E-state index in [4.69, 9.17) is 10.5 Å². The van der Waals surface area contributed by atoms with E-state index in [0.29, 0.717) is 23.3 Å². The SMILES string of the molecule is CN1C(=O)C2(C[C@H](C(C)(C)C)Oc3ccc(-c4cccc(OC(F)F)c4)cc32)N=C1N. The molecule has 0 bridgehead atoms. The van der Waals surface area contributed by atoms with Crippen molar-refractivity contribution in [3.8, 4) is 22.6 Å². The van der Waals surface area contributed by atoms with Crippen molar-refractivity contribution in [3.63, 3.8) is 0 Å². The average molecular weight is 429 g/mol. The van der Waals surface area contributed by atoms with Crippen LogP contribution in [0.5, 0.6) is 11.5 Å². The number of hydrogen-bond donors (Lipinski definition) is 1. The summed E-state index contributed by atoms with van der Waals surface area (Å²) in [6.07, 6.45) is 0.103. The van der Waals surface area contributed by atoms with Gasteiger partial charge in [0.15, 0.2) is 11.5 Å². The molecule has 6 nitrogen and oxygen atoms in total. The molecule has 0 aromatic heterocycles. The minimum Gasteiger partial charge on any atom is -0.489 e. The number of benzene rings is 2. The first-order valence-electron chi connectivity index (χ1n) is 10.0. The topological polar surface area (TPSA) is 77.2 Å². The summed E-state index contributed by atoms with van der Waals surface area (Å²) in [6, 6.07) is 11.9. The van der Waals surface area contributed by atoms with Gasteiger partial charge >= 0.3 is 6.61 Å². The van der Waals surface area contributed by atoms with Gasteiger partial charge in [-0.2, -0.15) is 8.78 Å². The summed E-state index contributed by atoms with van der Waals surface area (Å²) in [5, 5.41) is 0. The monoisotopic (exact) mass is 429 g/mol. The minimum absolute atomic E-state index is 0.0583. The Morgan fingerprint density at radius 2 is 1.94 bits per heavy atom. The first kappa shape index (κ1) is 21.1. The van der Waals surface area contributed by atoms with Crippen LogP contribution in [0.15, 0.2) is 47.5 Å².